The maximum Gasteiger partial charge on any atom is 0.264 e. The van der Waals surface area contributed by atoms with Crippen molar-refractivity contribution < 1.29 is 17.6 Å². The fourth-order valence-corrected chi connectivity index (χ4v) is 3.70. The predicted octanol–water partition coefficient (Wildman–Crippen LogP) is 2.55. The van der Waals surface area contributed by atoms with Gasteiger partial charge in [-0.25, -0.2) is 12.8 Å². The van der Waals surface area contributed by atoms with Crippen molar-refractivity contribution in [2.75, 3.05) is 10.8 Å². The van der Waals surface area contributed by atoms with E-state index in [1.807, 2.05) is 0 Å². The van der Waals surface area contributed by atoms with Crippen LogP contribution in [0, 0.1) is 5.82 Å². The molecule has 0 radical (unpaired) electrons. The summed E-state index contributed by atoms with van der Waals surface area (Å²) < 4.78 is 39.9. The van der Waals surface area contributed by atoms with Gasteiger partial charge in [-0.1, -0.05) is 29.8 Å². The number of sulfonamides is 1. The van der Waals surface area contributed by atoms with E-state index >= 15 is 0 Å². The van der Waals surface area contributed by atoms with Crippen LogP contribution in [0.2, 0.25) is 5.02 Å². The monoisotopic (exact) mass is 356 g/mol. The summed E-state index contributed by atoms with van der Waals surface area (Å²) in [5.74, 6) is -1.34. The minimum absolute atomic E-state index is 0.128. The lowest BCUT2D eigenvalue weighted by molar-refractivity contribution is -0.117. The molecule has 8 heteroatoms. The molecule has 2 aromatic rings. The van der Waals surface area contributed by atoms with Crippen molar-refractivity contribution in [3.63, 3.8) is 0 Å². The second-order valence-electron chi connectivity index (χ2n) is 4.70. The van der Waals surface area contributed by atoms with E-state index in [4.69, 9.17) is 17.3 Å². The molecule has 0 aromatic heterocycles. The number of halogens is 2. The van der Waals surface area contributed by atoms with Crippen molar-refractivity contribution in [1.29, 1.82) is 0 Å². The number of benzene rings is 2. The van der Waals surface area contributed by atoms with Crippen molar-refractivity contribution >= 4 is 33.2 Å². The largest absolute Gasteiger partial charge is 0.370 e. The highest BCUT2D eigenvalue weighted by atomic mass is 35.5. The Bertz CT molecular complexity index is 813. The fourth-order valence-electron chi connectivity index (χ4n) is 1.96. The second kappa shape index (κ2) is 6.97. The van der Waals surface area contributed by atoms with Gasteiger partial charge in [0.25, 0.3) is 10.0 Å². The molecule has 0 saturated heterocycles. The summed E-state index contributed by atoms with van der Waals surface area (Å²) in [6, 6.07) is 11.4. The molecule has 0 atom stereocenters. The molecular weight excluding hydrogens is 343 g/mol. The van der Waals surface area contributed by atoms with Crippen molar-refractivity contribution in [3.05, 3.63) is 59.4 Å². The molecule has 0 spiro atoms. The molecule has 0 fully saturated rings. The lowest BCUT2D eigenvalue weighted by Gasteiger charge is -2.24. The van der Waals surface area contributed by atoms with E-state index < -0.39 is 21.7 Å². The third kappa shape index (κ3) is 4.00. The first kappa shape index (κ1) is 17.2. The second-order valence-corrected chi connectivity index (χ2v) is 6.97. The number of carbonyl (C=O) groups excluding carboxylic acids is 1. The number of nitrogens with two attached hydrogens (primary N) is 1. The standard InChI is InChI=1S/C15H14ClFN2O3S/c16-13-10-12(6-7-14(13)17)23(21,22)19(9-8-15(18)20)11-4-2-1-3-5-11/h1-7,10H,8-9H2,(H2,18,20). The van der Waals surface area contributed by atoms with Crippen LogP contribution in [0.4, 0.5) is 10.1 Å². The average molecular weight is 357 g/mol. The lowest BCUT2D eigenvalue weighted by atomic mass is 10.3. The summed E-state index contributed by atoms with van der Waals surface area (Å²) in [5.41, 5.74) is 5.48. The lowest BCUT2D eigenvalue weighted by Crippen LogP contribution is -2.34. The zero-order valence-electron chi connectivity index (χ0n) is 11.9. The quantitative estimate of drug-likeness (QED) is 0.863. The number of para-hydroxylation sites is 1. The van der Waals surface area contributed by atoms with Crippen LogP contribution in [0.3, 0.4) is 0 Å². The number of hydrogen-bond donors (Lipinski definition) is 1. The van der Waals surface area contributed by atoms with Crippen LogP contribution in [0.1, 0.15) is 6.42 Å². The molecule has 0 bridgehead atoms. The fraction of sp³-hybridized carbons (Fsp3) is 0.133. The SMILES string of the molecule is NC(=O)CCN(c1ccccc1)S(=O)(=O)c1ccc(F)c(Cl)c1. The number of amides is 1. The highest BCUT2D eigenvalue weighted by molar-refractivity contribution is 7.92. The van der Waals surface area contributed by atoms with Gasteiger partial charge in [0.15, 0.2) is 0 Å². The Morgan fingerprint density at radius 1 is 1.17 bits per heavy atom. The van der Waals surface area contributed by atoms with E-state index in [1.54, 1.807) is 30.3 Å². The zero-order valence-corrected chi connectivity index (χ0v) is 13.5. The van der Waals surface area contributed by atoms with Crippen LogP contribution < -0.4 is 10.0 Å². The Morgan fingerprint density at radius 2 is 1.83 bits per heavy atom. The first-order valence-corrected chi connectivity index (χ1v) is 8.45. The minimum Gasteiger partial charge on any atom is -0.370 e. The van der Waals surface area contributed by atoms with Crippen LogP contribution in [0.25, 0.3) is 0 Å². The van der Waals surface area contributed by atoms with E-state index in [0.29, 0.717) is 5.69 Å². The van der Waals surface area contributed by atoms with Crippen molar-refractivity contribution in [2.45, 2.75) is 11.3 Å². The molecule has 0 saturated carbocycles. The summed E-state index contributed by atoms with van der Waals surface area (Å²) >= 11 is 5.67. The smallest absolute Gasteiger partial charge is 0.264 e. The van der Waals surface area contributed by atoms with Gasteiger partial charge in [0.2, 0.25) is 5.91 Å². The minimum atomic E-state index is -4.01. The van der Waals surface area contributed by atoms with Crippen molar-refractivity contribution in [1.82, 2.24) is 0 Å². The van der Waals surface area contributed by atoms with Crippen LogP contribution in [0.15, 0.2) is 53.4 Å². The predicted molar refractivity (Wildman–Crippen MR) is 86.2 cm³/mol. The molecular formula is C15H14ClFN2O3S. The first-order valence-electron chi connectivity index (χ1n) is 6.63. The van der Waals surface area contributed by atoms with E-state index in [2.05, 4.69) is 0 Å². The molecule has 0 aliphatic rings. The summed E-state index contributed by atoms with van der Waals surface area (Å²) in [6.07, 6.45) is -0.150. The van der Waals surface area contributed by atoms with Gasteiger partial charge in [-0.3, -0.25) is 9.10 Å². The first-order chi connectivity index (χ1) is 10.8. The molecule has 0 unspecified atom stereocenters. The molecule has 2 N–H and O–H groups in total. The van der Waals surface area contributed by atoms with E-state index in [-0.39, 0.29) is 22.9 Å². The Kier molecular flexibility index (Phi) is 5.23. The van der Waals surface area contributed by atoms with Gasteiger partial charge in [0.1, 0.15) is 5.82 Å². The van der Waals surface area contributed by atoms with Crippen LogP contribution >= 0.6 is 11.6 Å². The highest BCUT2D eigenvalue weighted by Crippen LogP contribution is 2.26. The summed E-state index contributed by atoms with van der Waals surface area (Å²) in [7, 11) is -4.01. The number of hydrogen-bond acceptors (Lipinski definition) is 3. The Morgan fingerprint density at radius 3 is 2.39 bits per heavy atom. The molecule has 23 heavy (non-hydrogen) atoms. The molecule has 122 valence electrons. The third-order valence-electron chi connectivity index (χ3n) is 3.08. The topological polar surface area (TPSA) is 80.5 Å². The zero-order chi connectivity index (χ0) is 17.0. The third-order valence-corrected chi connectivity index (χ3v) is 5.20. The van der Waals surface area contributed by atoms with Crippen LogP contribution in [-0.4, -0.2) is 20.9 Å². The molecule has 0 aliphatic heterocycles. The summed E-state index contributed by atoms with van der Waals surface area (Å²) in [4.78, 5) is 10.9. The van der Waals surface area contributed by atoms with E-state index in [0.717, 1.165) is 22.5 Å². The Balaban J connectivity index is 2.47. The van der Waals surface area contributed by atoms with Gasteiger partial charge >= 0.3 is 0 Å². The molecule has 0 aliphatic carbocycles. The number of anilines is 1. The van der Waals surface area contributed by atoms with Gasteiger partial charge in [0.05, 0.1) is 15.6 Å². The summed E-state index contributed by atoms with van der Waals surface area (Å²) in [5, 5.41) is -0.297. The number of carbonyl (C=O) groups is 1. The van der Waals surface area contributed by atoms with Gasteiger partial charge in [-0.05, 0) is 30.3 Å². The summed E-state index contributed by atoms with van der Waals surface area (Å²) in [6.45, 7) is -0.128. The van der Waals surface area contributed by atoms with Gasteiger partial charge < -0.3 is 5.73 Å². The Labute approximate surface area is 138 Å². The van der Waals surface area contributed by atoms with Gasteiger partial charge in [-0.2, -0.15) is 0 Å². The molecule has 1 amide bonds. The molecule has 2 aromatic carbocycles. The number of primary amides is 1. The van der Waals surface area contributed by atoms with Crippen molar-refractivity contribution in [3.8, 4) is 0 Å². The van der Waals surface area contributed by atoms with Gasteiger partial charge in [0, 0.05) is 13.0 Å². The maximum absolute atomic E-state index is 13.3. The molecule has 5 nitrogen and oxygen atoms in total. The van der Waals surface area contributed by atoms with Gasteiger partial charge in [-0.15, -0.1) is 0 Å². The van der Waals surface area contributed by atoms with Crippen LogP contribution in [-0.2, 0) is 14.8 Å². The maximum atomic E-state index is 13.3. The van der Waals surface area contributed by atoms with Crippen LogP contribution in [0.5, 0.6) is 0 Å². The van der Waals surface area contributed by atoms with Crippen molar-refractivity contribution in [2.24, 2.45) is 5.73 Å². The molecule has 0 heterocycles. The van der Waals surface area contributed by atoms with E-state index in [1.165, 1.54) is 0 Å². The number of rotatable bonds is 6. The number of nitrogens with zero attached hydrogens (tertiary/aromatic N) is 1. The average Bonchev–Trinajstić information content (AvgIpc) is 2.50. The normalized spacial score (nSPS) is 11.2. The van der Waals surface area contributed by atoms with E-state index in [9.17, 15) is 17.6 Å². The highest BCUT2D eigenvalue weighted by Gasteiger charge is 2.26. The molecule has 2 rings (SSSR count). The Hall–Kier alpha value is -2.12.